The predicted molar refractivity (Wildman–Crippen MR) is 123 cm³/mol. The summed E-state index contributed by atoms with van der Waals surface area (Å²) >= 11 is 0. The second-order valence-electron chi connectivity index (χ2n) is 8.59. The molecular weight excluding hydrogens is 376 g/mol. The zero-order valence-corrected chi connectivity index (χ0v) is 18.9. The van der Waals surface area contributed by atoms with Gasteiger partial charge in [-0.2, -0.15) is 0 Å². The monoisotopic (exact) mass is 410 g/mol. The molecule has 4 heteroatoms. The van der Waals surface area contributed by atoms with E-state index in [-0.39, 0.29) is 10.8 Å². The van der Waals surface area contributed by atoms with Crippen LogP contribution in [-0.2, 0) is 4.79 Å². The van der Waals surface area contributed by atoms with Crippen molar-refractivity contribution in [2.45, 2.75) is 64.0 Å². The molecule has 0 spiro atoms. The van der Waals surface area contributed by atoms with Crippen molar-refractivity contribution >= 4 is 24.5 Å². The second kappa shape index (κ2) is 10.1. The van der Waals surface area contributed by atoms with E-state index in [1.165, 1.54) is 6.92 Å². The number of aliphatic hydroxyl groups excluding tert-OH is 1. The maximum Gasteiger partial charge on any atom is 0.258 e. The number of Topliss-reactive ketones (excluding diaryl/α,β-unsaturated/α-hetero) is 1. The van der Waals surface area contributed by atoms with Crippen LogP contribution in [0.1, 0.15) is 52.9 Å². The van der Waals surface area contributed by atoms with Crippen molar-refractivity contribution in [3.63, 3.8) is 0 Å². The quantitative estimate of drug-likeness (QED) is 0.335. The largest absolute Gasteiger partial charge is 0.424 e. The number of hydrogen-bond acceptors (Lipinski definition) is 3. The van der Waals surface area contributed by atoms with Crippen molar-refractivity contribution < 1.29 is 14.7 Å². The Morgan fingerprint density at radius 2 is 1.48 bits per heavy atom. The van der Waals surface area contributed by atoms with Gasteiger partial charge in [0.25, 0.3) is 8.32 Å². The van der Waals surface area contributed by atoms with Crippen molar-refractivity contribution in [1.29, 1.82) is 0 Å². The van der Waals surface area contributed by atoms with Gasteiger partial charge in [0.05, 0.1) is 6.10 Å². The molecule has 0 unspecified atom stereocenters. The van der Waals surface area contributed by atoms with Crippen LogP contribution < -0.4 is 10.4 Å². The van der Waals surface area contributed by atoms with Crippen LogP contribution >= 0.6 is 0 Å². The molecular formula is C25H34O3Si. The average molecular weight is 411 g/mol. The number of aliphatic hydroxyl groups is 1. The molecule has 2 aromatic carbocycles. The van der Waals surface area contributed by atoms with Gasteiger partial charge in [0.1, 0.15) is 0 Å². The Bertz CT molecular complexity index is 760. The molecule has 0 aliphatic heterocycles. The molecule has 0 saturated heterocycles. The molecule has 1 atom stereocenters. The topological polar surface area (TPSA) is 57.5 Å². The van der Waals surface area contributed by atoms with E-state index in [0.717, 1.165) is 29.6 Å². The van der Waals surface area contributed by atoms with Crippen molar-refractivity contribution in [3.8, 4) is 0 Å². The van der Waals surface area contributed by atoms with Gasteiger partial charge >= 0.3 is 0 Å². The lowest BCUT2D eigenvalue weighted by Gasteiger charge is -2.41. The van der Waals surface area contributed by atoms with E-state index in [4.69, 9.17) is 0 Å². The van der Waals surface area contributed by atoms with E-state index in [1.54, 1.807) is 0 Å². The van der Waals surface area contributed by atoms with Crippen LogP contribution in [-0.4, -0.2) is 30.1 Å². The van der Waals surface area contributed by atoms with Gasteiger partial charge in [0.15, 0.2) is 5.78 Å². The third kappa shape index (κ3) is 5.75. The standard InChI is InChI=1S/C25H34O3Si/c1-20(21(2)26)19-22(27)13-11-12-18-25(3,4)29(28,23-14-7-5-8-15-23)24-16-9-6-10-17-24/h5-10,14-17,22,27-28H,1,11-13,18-19H2,2-4H3/t22-/m0/s1. The van der Waals surface area contributed by atoms with Gasteiger partial charge in [-0.25, -0.2) is 0 Å². The number of ketones is 1. The van der Waals surface area contributed by atoms with Gasteiger partial charge < -0.3 is 9.90 Å². The van der Waals surface area contributed by atoms with Crippen LogP contribution in [0.15, 0.2) is 72.8 Å². The average Bonchev–Trinajstić information content (AvgIpc) is 2.71. The highest BCUT2D eigenvalue weighted by Crippen LogP contribution is 2.40. The van der Waals surface area contributed by atoms with Gasteiger partial charge in [0.2, 0.25) is 0 Å². The van der Waals surface area contributed by atoms with Gasteiger partial charge in [-0.15, -0.1) is 0 Å². The molecule has 2 aromatic rings. The smallest absolute Gasteiger partial charge is 0.258 e. The second-order valence-corrected chi connectivity index (χ2v) is 12.5. The van der Waals surface area contributed by atoms with Crippen LogP contribution in [0, 0.1) is 0 Å². The molecule has 0 aliphatic rings. The summed E-state index contributed by atoms with van der Waals surface area (Å²) in [5.41, 5.74) is 0.479. The maximum atomic E-state index is 12.1. The lowest BCUT2D eigenvalue weighted by atomic mass is 9.99. The first-order valence-electron chi connectivity index (χ1n) is 10.4. The molecule has 0 radical (unpaired) electrons. The fraction of sp³-hybridized carbons (Fsp3) is 0.400. The number of carbonyl (C=O) groups excluding carboxylic acids is 1. The molecule has 0 aliphatic carbocycles. The molecule has 0 amide bonds. The SMILES string of the molecule is C=C(C[C@@H](O)CCCCC(C)(C)[Si](O)(c1ccccc1)c1ccccc1)C(C)=O. The van der Waals surface area contributed by atoms with Gasteiger partial charge in [0, 0.05) is 6.42 Å². The summed E-state index contributed by atoms with van der Waals surface area (Å²) in [5.74, 6) is -0.0630. The van der Waals surface area contributed by atoms with Gasteiger partial charge in [-0.05, 0) is 40.8 Å². The van der Waals surface area contributed by atoms with Crippen molar-refractivity contribution in [2.24, 2.45) is 0 Å². The van der Waals surface area contributed by atoms with E-state index in [1.807, 2.05) is 60.7 Å². The Morgan fingerprint density at radius 1 is 1.00 bits per heavy atom. The van der Waals surface area contributed by atoms with E-state index in [9.17, 15) is 14.7 Å². The van der Waals surface area contributed by atoms with Gasteiger partial charge in [-0.3, -0.25) is 4.79 Å². The maximum absolute atomic E-state index is 12.1. The Kier molecular flexibility index (Phi) is 8.14. The fourth-order valence-corrected chi connectivity index (χ4v) is 7.75. The summed E-state index contributed by atoms with van der Waals surface area (Å²) in [4.78, 5) is 23.4. The third-order valence-corrected chi connectivity index (χ3v) is 10.5. The molecule has 0 heterocycles. The van der Waals surface area contributed by atoms with E-state index >= 15 is 0 Å². The molecule has 0 fully saturated rings. The first kappa shape index (κ1) is 23.3. The Morgan fingerprint density at radius 3 is 1.93 bits per heavy atom. The van der Waals surface area contributed by atoms with Crippen LogP contribution in [0.5, 0.6) is 0 Å². The Balaban J connectivity index is 2.09. The summed E-state index contributed by atoms with van der Waals surface area (Å²) in [6.45, 7) is 9.53. The lowest BCUT2D eigenvalue weighted by Crippen LogP contribution is -2.65. The zero-order valence-electron chi connectivity index (χ0n) is 17.9. The number of rotatable bonds is 11. The van der Waals surface area contributed by atoms with Crippen molar-refractivity contribution in [2.75, 3.05) is 0 Å². The Labute approximate surface area is 176 Å². The van der Waals surface area contributed by atoms with E-state index in [0.29, 0.717) is 18.4 Å². The summed E-state index contributed by atoms with van der Waals surface area (Å²) in [7, 11) is -2.97. The highest BCUT2D eigenvalue weighted by Gasteiger charge is 2.49. The molecule has 0 bridgehead atoms. The molecule has 0 aromatic heterocycles. The van der Waals surface area contributed by atoms with Crippen LogP contribution in [0.25, 0.3) is 0 Å². The molecule has 29 heavy (non-hydrogen) atoms. The minimum atomic E-state index is -2.97. The molecule has 156 valence electrons. The number of unbranched alkanes of at least 4 members (excludes halogenated alkanes) is 1. The number of benzene rings is 2. The number of hydrogen-bond donors (Lipinski definition) is 2. The summed E-state index contributed by atoms with van der Waals surface area (Å²) in [6, 6.07) is 20.1. The van der Waals surface area contributed by atoms with Crippen LogP contribution in [0.4, 0.5) is 0 Å². The van der Waals surface area contributed by atoms with Crippen LogP contribution in [0.3, 0.4) is 0 Å². The first-order valence-corrected chi connectivity index (χ1v) is 12.3. The normalized spacial score (nSPS) is 13.1. The molecule has 3 nitrogen and oxygen atoms in total. The fourth-order valence-electron chi connectivity index (χ4n) is 3.96. The zero-order chi connectivity index (χ0) is 21.5. The van der Waals surface area contributed by atoms with Crippen LogP contribution in [0.2, 0.25) is 5.04 Å². The number of carbonyl (C=O) groups is 1. The molecule has 2 rings (SSSR count). The molecule has 0 saturated carbocycles. The molecule has 2 N–H and O–H groups in total. The summed E-state index contributed by atoms with van der Waals surface area (Å²) in [5, 5.41) is 11.9. The van der Waals surface area contributed by atoms with Gasteiger partial charge in [-0.1, -0.05) is 93.9 Å². The minimum Gasteiger partial charge on any atom is -0.424 e. The van der Waals surface area contributed by atoms with E-state index in [2.05, 4.69) is 20.4 Å². The van der Waals surface area contributed by atoms with Crippen molar-refractivity contribution in [1.82, 2.24) is 0 Å². The minimum absolute atomic E-state index is 0.0630. The Hall–Kier alpha value is -2.01. The highest BCUT2D eigenvalue weighted by atomic mass is 28.4. The predicted octanol–water partition coefficient (Wildman–Crippen LogP) is 3.98. The summed E-state index contributed by atoms with van der Waals surface area (Å²) in [6.07, 6.45) is 3.06. The van der Waals surface area contributed by atoms with E-state index < -0.39 is 14.4 Å². The first-order chi connectivity index (χ1) is 13.7. The lowest BCUT2D eigenvalue weighted by molar-refractivity contribution is -0.114. The van der Waals surface area contributed by atoms with Crippen molar-refractivity contribution in [3.05, 3.63) is 72.8 Å². The highest BCUT2D eigenvalue weighted by molar-refractivity contribution is 6.98. The third-order valence-electron chi connectivity index (χ3n) is 5.93. The summed E-state index contributed by atoms with van der Waals surface area (Å²) < 4.78 is 0.